The molecule has 0 saturated heterocycles. The number of benzene rings is 2. The van der Waals surface area contributed by atoms with Crippen molar-refractivity contribution >= 4 is 34.1 Å². The summed E-state index contributed by atoms with van der Waals surface area (Å²) in [6, 6.07) is 15.3. The molecule has 1 aromatic heterocycles. The summed E-state index contributed by atoms with van der Waals surface area (Å²) in [5.41, 5.74) is 3.37. The average Bonchev–Trinajstić information content (AvgIpc) is 2.75. The molecule has 0 radical (unpaired) electrons. The van der Waals surface area contributed by atoms with E-state index in [9.17, 15) is 5.11 Å². The molecule has 3 aromatic rings. The van der Waals surface area contributed by atoms with Crippen molar-refractivity contribution in [3.63, 3.8) is 0 Å². The Balaban J connectivity index is 1.99. The van der Waals surface area contributed by atoms with Crippen molar-refractivity contribution in [1.29, 1.82) is 0 Å². The molecule has 3 nitrogen and oxygen atoms in total. The van der Waals surface area contributed by atoms with Gasteiger partial charge in [0.05, 0.1) is 17.3 Å². The highest BCUT2D eigenvalue weighted by atomic mass is 35.5. The molecule has 0 aliphatic heterocycles. The van der Waals surface area contributed by atoms with Gasteiger partial charge in [0.15, 0.2) is 0 Å². The van der Waals surface area contributed by atoms with Crippen molar-refractivity contribution in [2.75, 3.05) is 19.6 Å². The lowest BCUT2D eigenvalue weighted by Gasteiger charge is -2.26. The largest absolute Gasteiger partial charge is 0.387 e. The topological polar surface area (TPSA) is 36.4 Å². The van der Waals surface area contributed by atoms with Gasteiger partial charge in [0.25, 0.3) is 0 Å². The Bertz CT molecular complexity index is 951. The number of halogens is 2. The molecular weight excluding hydrogens is 415 g/mol. The molecule has 0 amide bonds. The predicted molar refractivity (Wildman–Crippen MR) is 128 cm³/mol. The van der Waals surface area contributed by atoms with E-state index in [2.05, 4.69) is 18.7 Å². The minimum atomic E-state index is -0.628. The molecule has 0 aliphatic carbocycles. The number of aliphatic hydroxyl groups excluding tert-OH is 1. The number of fused-ring (bicyclic) bond motifs is 1. The van der Waals surface area contributed by atoms with Gasteiger partial charge >= 0.3 is 0 Å². The van der Waals surface area contributed by atoms with Gasteiger partial charge < -0.3 is 10.0 Å². The van der Waals surface area contributed by atoms with E-state index in [4.69, 9.17) is 28.2 Å². The molecule has 0 aliphatic rings. The summed E-state index contributed by atoms with van der Waals surface area (Å²) in [5.74, 6) is 0. The molecule has 160 valence electrons. The molecule has 0 saturated carbocycles. The lowest BCUT2D eigenvalue weighted by Crippen LogP contribution is -2.31. The third-order valence-electron chi connectivity index (χ3n) is 5.37. The van der Waals surface area contributed by atoms with Crippen LogP contribution in [0.4, 0.5) is 0 Å². The van der Waals surface area contributed by atoms with Crippen LogP contribution in [0.15, 0.2) is 48.5 Å². The van der Waals surface area contributed by atoms with E-state index in [1.807, 2.05) is 48.5 Å². The van der Waals surface area contributed by atoms with E-state index >= 15 is 0 Å². The van der Waals surface area contributed by atoms with Gasteiger partial charge in [-0.3, -0.25) is 0 Å². The lowest BCUT2D eigenvalue weighted by atomic mass is 9.98. The van der Waals surface area contributed by atoms with Gasteiger partial charge in [0, 0.05) is 33.1 Å². The standard InChI is InChI=1S/C25H30Cl2N2O/c1-3-5-13-29(14-6-4-2)17-24(30)22-15-19-9-12-21(27)16-23(19)28-25(22)18-7-10-20(26)11-8-18/h7-12,15-16,24,30H,3-6,13-14,17H2,1-2H3/t24-/m1/s1. The summed E-state index contributed by atoms with van der Waals surface area (Å²) in [6.07, 6.45) is 3.93. The van der Waals surface area contributed by atoms with Crippen molar-refractivity contribution < 1.29 is 5.11 Å². The summed E-state index contributed by atoms with van der Waals surface area (Å²) in [5, 5.41) is 13.6. The zero-order valence-electron chi connectivity index (χ0n) is 17.7. The predicted octanol–water partition coefficient (Wildman–Crippen LogP) is 7.14. The van der Waals surface area contributed by atoms with Crippen molar-refractivity contribution in [2.45, 2.75) is 45.6 Å². The van der Waals surface area contributed by atoms with Gasteiger partial charge in [-0.05, 0) is 56.3 Å². The van der Waals surface area contributed by atoms with Gasteiger partial charge in [0.1, 0.15) is 0 Å². The van der Waals surface area contributed by atoms with Gasteiger partial charge in [-0.15, -0.1) is 0 Å². The maximum atomic E-state index is 11.3. The fraction of sp³-hybridized carbons (Fsp3) is 0.400. The maximum absolute atomic E-state index is 11.3. The van der Waals surface area contributed by atoms with Crippen molar-refractivity contribution in [3.8, 4) is 11.3 Å². The molecule has 3 rings (SSSR count). The number of aliphatic hydroxyl groups is 1. The van der Waals surface area contributed by atoms with Crippen LogP contribution < -0.4 is 0 Å². The Morgan fingerprint density at radius 2 is 1.53 bits per heavy atom. The molecule has 1 atom stereocenters. The summed E-state index contributed by atoms with van der Waals surface area (Å²) in [4.78, 5) is 7.25. The van der Waals surface area contributed by atoms with Gasteiger partial charge in [-0.1, -0.05) is 68.1 Å². The highest BCUT2D eigenvalue weighted by Crippen LogP contribution is 2.32. The second-order valence-corrected chi connectivity index (χ2v) is 8.67. The van der Waals surface area contributed by atoms with Crippen LogP contribution in [0.25, 0.3) is 22.2 Å². The van der Waals surface area contributed by atoms with E-state index in [-0.39, 0.29) is 0 Å². The fourth-order valence-corrected chi connectivity index (χ4v) is 3.94. The maximum Gasteiger partial charge on any atom is 0.0938 e. The Morgan fingerprint density at radius 3 is 2.17 bits per heavy atom. The Hall–Kier alpha value is -1.65. The zero-order chi connectivity index (χ0) is 21.5. The molecule has 5 heteroatoms. The van der Waals surface area contributed by atoms with Gasteiger partial charge in [0.2, 0.25) is 0 Å². The van der Waals surface area contributed by atoms with Crippen LogP contribution in [0.3, 0.4) is 0 Å². The first kappa shape index (κ1) is 23.0. The third-order valence-corrected chi connectivity index (χ3v) is 5.86. The highest BCUT2D eigenvalue weighted by Gasteiger charge is 2.19. The fourth-order valence-electron chi connectivity index (χ4n) is 3.65. The second-order valence-electron chi connectivity index (χ2n) is 7.79. The van der Waals surface area contributed by atoms with Crippen LogP contribution in [0.1, 0.15) is 51.2 Å². The molecule has 0 spiro atoms. The normalized spacial score (nSPS) is 12.6. The number of pyridine rings is 1. The van der Waals surface area contributed by atoms with Crippen LogP contribution in [-0.2, 0) is 0 Å². The van der Waals surface area contributed by atoms with E-state index in [0.717, 1.165) is 66.5 Å². The van der Waals surface area contributed by atoms with E-state index in [1.165, 1.54) is 0 Å². The van der Waals surface area contributed by atoms with Gasteiger partial charge in [-0.2, -0.15) is 0 Å². The first-order chi connectivity index (χ1) is 14.5. The number of rotatable bonds is 10. The van der Waals surface area contributed by atoms with Gasteiger partial charge in [-0.25, -0.2) is 4.98 Å². The Labute approximate surface area is 189 Å². The average molecular weight is 445 g/mol. The molecule has 0 bridgehead atoms. The molecule has 2 aromatic carbocycles. The minimum absolute atomic E-state index is 0.599. The van der Waals surface area contributed by atoms with Crippen LogP contribution >= 0.6 is 23.2 Å². The Kier molecular flexibility index (Phi) is 8.52. The molecule has 0 unspecified atom stereocenters. The quantitative estimate of drug-likeness (QED) is 0.360. The summed E-state index contributed by atoms with van der Waals surface area (Å²) >= 11 is 12.3. The van der Waals surface area contributed by atoms with Crippen LogP contribution in [-0.4, -0.2) is 34.6 Å². The summed E-state index contributed by atoms with van der Waals surface area (Å²) < 4.78 is 0. The smallest absolute Gasteiger partial charge is 0.0938 e. The molecular formula is C25H30Cl2N2O. The van der Waals surface area contributed by atoms with Crippen molar-refractivity contribution in [1.82, 2.24) is 9.88 Å². The lowest BCUT2D eigenvalue weighted by molar-refractivity contribution is 0.111. The summed E-state index contributed by atoms with van der Waals surface area (Å²) in [6.45, 7) is 7.00. The third kappa shape index (κ3) is 5.95. The van der Waals surface area contributed by atoms with E-state index < -0.39 is 6.10 Å². The molecule has 0 fully saturated rings. The molecule has 30 heavy (non-hydrogen) atoms. The number of unbranched alkanes of at least 4 members (excludes halogenated alkanes) is 2. The first-order valence-electron chi connectivity index (χ1n) is 10.8. The van der Waals surface area contributed by atoms with Crippen molar-refractivity contribution in [3.05, 3.63) is 64.1 Å². The van der Waals surface area contributed by atoms with Crippen LogP contribution in [0.2, 0.25) is 10.0 Å². The molecule has 1 heterocycles. The van der Waals surface area contributed by atoms with Crippen molar-refractivity contribution in [2.24, 2.45) is 0 Å². The first-order valence-corrected chi connectivity index (χ1v) is 11.5. The van der Waals surface area contributed by atoms with Crippen LogP contribution in [0, 0.1) is 0 Å². The number of aromatic nitrogens is 1. The van der Waals surface area contributed by atoms with Crippen LogP contribution in [0.5, 0.6) is 0 Å². The second kappa shape index (κ2) is 11.1. The summed E-state index contributed by atoms with van der Waals surface area (Å²) in [7, 11) is 0. The zero-order valence-corrected chi connectivity index (χ0v) is 19.3. The monoisotopic (exact) mass is 444 g/mol. The van der Waals surface area contributed by atoms with E-state index in [1.54, 1.807) is 0 Å². The SMILES string of the molecule is CCCCN(CCCC)C[C@@H](O)c1cc2ccc(Cl)cc2nc1-c1ccc(Cl)cc1. The van der Waals surface area contributed by atoms with E-state index in [0.29, 0.717) is 16.6 Å². The number of hydrogen-bond donors (Lipinski definition) is 1. The number of hydrogen-bond acceptors (Lipinski definition) is 3. The highest BCUT2D eigenvalue weighted by molar-refractivity contribution is 6.31. The Morgan fingerprint density at radius 1 is 0.900 bits per heavy atom. The molecule has 1 N–H and O–H groups in total. The number of nitrogens with zero attached hydrogens (tertiary/aromatic N) is 2. The minimum Gasteiger partial charge on any atom is -0.387 e.